The molecule has 116 valence electrons. The van der Waals surface area contributed by atoms with Gasteiger partial charge in [0.2, 0.25) is 0 Å². The summed E-state index contributed by atoms with van der Waals surface area (Å²) in [4.78, 5) is 18.2. The maximum absolute atomic E-state index is 9.10. The number of hydrogen-bond donors (Lipinski definition) is 3. The topological polar surface area (TPSA) is 91.6 Å². The number of benzene rings is 1. The van der Waals surface area contributed by atoms with Gasteiger partial charge in [0.15, 0.2) is 0 Å². The highest BCUT2D eigenvalue weighted by atomic mass is 35.5. The summed E-state index contributed by atoms with van der Waals surface area (Å²) < 4.78 is 2.30. The van der Waals surface area contributed by atoms with E-state index in [-0.39, 0.29) is 0 Å². The number of aromatic nitrogens is 1. The van der Waals surface area contributed by atoms with Crippen LogP contribution in [0.5, 0.6) is 0 Å². The number of nitrogens with one attached hydrogen (secondary N) is 1. The average Bonchev–Trinajstić information content (AvgIpc) is 2.97. The van der Waals surface area contributed by atoms with E-state index >= 15 is 0 Å². The molecule has 0 saturated heterocycles. The molecule has 1 aromatic heterocycles. The van der Waals surface area contributed by atoms with Gasteiger partial charge in [0, 0.05) is 30.0 Å². The Morgan fingerprint density at radius 3 is 2.36 bits per heavy atom. The van der Waals surface area contributed by atoms with E-state index in [0.29, 0.717) is 6.04 Å². The fourth-order valence-corrected chi connectivity index (χ4v) is 2.40. The van der Waals surface area contributed by atoms with Gasteiger partial charge in [-0.1, -0.05) is 23.7 Å². The van der Waals surface area contributed by atoms with E-state index in [2.05, 4.69) is 40.3 Å². The fraction of sp³-hybridized carbons (Fsp3) is 0.200. The monoisotopic (exact) mass is 322 g/mol. The number of aliphatic carboxylic acids is 2. The Kier molecular flexibility index (Phi) is 5.19. The summed E-state index contributed by atoms with van der Waals surface area (Å²) in [6.07, 6.45) is 2.14. The summed E-state index contributed by atoms with van der Waals surface area (Å²) in [5.74, 6) is -3.65. The van der Waals surface area contributed by atoms with Crippen molar-refractivity contribution < 1.29 is 19.8 Å². The molecular weight excluding hydrogens is 308 g/mol. The summed E-state index contributed by atoms with van der Waals surface area (Å²) >= 11 is 5.90. The Hall–Kier alpha value is -2.31. The van der Waals surface area contributed by atoms with E-state index in [1.54, 1.807) is 0 Å². The van der Waals surface area contributed by atoms with Gasteiger partial charge >= 0.3 is 11.9 Å². The second-order valence-electron chi connectivity index (χ2n) is 4.68. The number of rotatable bonds is 1. The molecule has 0 amide bonds. The maximum Gasteiger partial charge on any atom is 0.414 e. The molecule has 7 heteroatoms. The SMILES string of the molecule is Clc1ccc(C2NCCn3cccc32)cc1.O=C(O)C(=O)O. The number of halogens is 1. The normalized spacial score (nSPS) is 16.1. The van der Waals surface area contributed by atoms with Crippen LogP contribution in [0.1, 0.15) is 17.3 Å². The molecule has 2 heterocycles. The first kappa shape index (κ1) is 16.1. The van der Waals surface area contributed by atoms with Gasteiger partial charge in [-0.25, -0.2) is 9.59 Å². The molecule has 0 saturated carbocycles. The highest BCUT2D eigenvalue weighted by Gasteiger charge is 2.20. The molecule has 0 spiro atoms. The van der Waals surface area contributed by atoms with Crippen molar-refractivity contribution in [1.29, 1.82) is 0 Å². The van der Waals surface area contributed by atoms with Gasteiger partial charge < -0.3 is 20.1 Å². The van der Waals surface area contributed by atoms with Crippen molar-refractivity contribution in [2.75, 3.05) is 6.54 Å². The second kappa shape index (κ2) is 7.11. The first-order chi connectivity index (χ1) is 10.5. The molecule has 1 unspecified atom stereocenters. The van der Waals surface area contributed by atoms with E-state index in [9.17, 15) is 0 Å². The highest BCUT2D eigenvalue weighted by molar-refractivity contribution is 6.30. The molecule has 1 aliphatic rings. The molecule has 0 aliphatic carbocycles. The Balaban J connectivity index is 0.000000254. The summed E-state index contributed by atoms with van der Waals surface area (Å²) in [5.41, 5.74) is 2.60. The van der Waals surface area contributed by atoms with Crippen molar-refractivity contribution in [1.82, 2.24) is 9.88 Å². The summed E-state index contributed by atoms with van der Waals surface area (Å²) in [7, 11) is 0. The molecule has 6 nitrogen and oxygen atoms in total. The van der Waals surface area contributed by atoms with Crippen molar-refractivity contribution in [2.45, 2.75) is 12.6 Å². The van der Waals surface area contributed by atoms with Crippen LogP contribution >= 0.6 is 11.6 Å². The lowest BCUT2D eigenvalue weighted by atomic mass is 10.0. The van der Waals surface area contributed by atoms with E-state index < -0.39 is 11.9 Å². The van der Waals surface area contributed by atoms with Crippen LogP contribution in [0, 0.1) is 0 Å². The lowest BCUT2D eigenvalue weighted by Crippen LogP contribution is -2.33. The lowest BCUT2D eigenvalue weighted by molar-refractivity contribution is -0.159. The van der Waals surface area contributed by atoms with Gasteiger partial charge in [-0.2, -0.15) is 0 Å². The fourth-order valence-electron chi connectivity index (χ4n) is 2.27. The largest absolute Gasteiger partial charge is 0.473 e. The first-order valence-electron chi connectivity index (χ1n) is 6.59. The summed E-state index contributed by atoms with van der Waals surface area (Å²) in [6.45, 7) is 2.06. The minimum atomic E-state index is -1.82. The zero-order valence-electron chi connectivity index (χ0n) is 11.6. The van der Waals surface area contributed by atoms with Gasteiger partial charge in [-0.15, -0.1) is 0 Å². The Labute approximate surface area is 131 Å². The summed E-state index contributed by atoms with van der Waals surface area (Å²) in [6, 6.07) is 12.6. The minimum Gasteiger partial charge on any atom is -0.473 e. The van der Waals surface area contributed by atoms with Crippen LogP contribution in [-0.2, 0) is 16.1 Å². The van der Waals surface area contributed by atoms with Gasteiger partial charge in [0.25, 0.3) is 0 Å². The van der Waals surface area contributed by atoms with Crippen LogP contribution < -0.4 is 5.32 Å². The van der Waals surface area contributed by atoms with Crippen LogP contribution in [-0.4, -0.2) is 33.3 Å². The Morgan fingerprint density at radius 2 is 1.77 bits per heavy atom. The third-order valence-corrected chi connectivity index (χ3v) is 3.50. The van der Waals surface area contributed by atoms with Gasteiger partial charge in [0.05, 0.1) is 6.04 Å². The third-order valence-electron chi connectivity index (χ3n) is 3.25. The second-order valence-corrected chi connectivity index (χ2v) is 5.11. The van der Waals surface area contributed by atoms with E-state index in [0.717, 1.165) is 18.1 Å². The molecule has 1 aromatic carbocycles. The Morgan fingerprint density at radius 1 is 1.14 bits per heavy atom. The summed E-state index contributed by atoms with van der Waals surface area (Å²) in [5, 5.41) is 19.1. The van der Waals surface area contributed by atoms with Crippen LogP contribution in [0.3, 0.4) is 0 Å². The minimum absolute atomic E-state index is 0.293. The van der Waals surface area contributed by atoms with E-state index in [1.807, 2.05) is 12.1 Å². The van der Waals surface area contributed by atoms with Crippen molar-refractivity contribution in [3.63, 3.8) is 0 Å². The molecule has 1 aliphatic heterocycles. The highest BCUT2D eigenvalue weighted by Crippen LogP contribution is 2.26. The zero-order valence-corrected chi connectivity index (χ0v) is 12.3. The molecule has 3 N–H and O–H groups in total. The third kappa shape index (κ3) is 3.87. The number of carbonyl (C=O) groups is 2. The standard InChI is InChI=1S/C13H13ClN2.C2H2O4/c14-11-5-3-10(4-6-11)13-12-2-1-8-16(12)9-7-15-13;3-1(4)2(5)6/h1-6,8,13,15H,7,9H2;(H,3,4)(H,5,6). The quantitative estimate of drug-likeness (QED) is 0.698. The van der Waals surface area contributed by atoms with Crippen LogP contribution in [0.2, 0.25) is 5.02 Å². The van der Waals surface area contributed by atoms with Gasteiger partial charge in [-0.3, -0.25) is 0 Å². The molecule has 2 aromatic rings. The van der Waals surface area contributed by atoms with Crippen molar-refractivity contribution in [3.05, 3.63) is 58.9 Å². The van der Waals surface area contributed by atoms with Crippen molar-refractivity contribution in [3.8, 4) is 0 Å². The molecule has 0 bridgehead atoms. The molecule has 1 atom stereocenters. The van der Waals surface area contributed by atoms with Gasteiger partial charge in [-0.05, 0) is 29.8 Å². The predicted molar refractivity (Wildman–Crippen MR) is 81.0 cm³/mol. The van der Waals surface area contributed by atoms with Crippen LogP contribution in [0.15, 0.2) is 42.6 Å². The number of nitrogens with zero attached hydrogens (tertiary/aromatic N) is 1. The van der Waals surface area contributed by atoms with Crippen LogP contribution in [0.25, 0.3) is 0 Å². The van der Waals surface area contributed by atoms with Crippen LogP contribution in [0.4, 0.5) is 0 Å². The van der Waals surface area contributed by atoms with Gasteiger partial charge in [0.1, 0.15) is 0 Å². The smallest absolute Gasteiger partial charge is 0.414 e. The number of carboxylic acids is 2. The number of fused-ring (bicyclic) bond motifs is 1. The Bertz CT molecular complexity index is 654. The van der Waals surface area contributed by atoms with Crippen molar-refractivity contribution >= 4 is 23.5 Å². The van der Waals surface area contributed by atoms with E-state index in [4.69, 9.17) is 31.4 Å². The lowest BCUT2D eigenvalue weighted by Gasteiger charge is -2.26. The number of hydrogen-bond acceptors (Lipinski definition) is 3. The zero-order chi connectivity index (χ0) is 16.1. The molecule has 0 fully saturated rings. The molecular formula is C15H15ClN2O4. The predicted octanol–water partition coefficient (Wildman–Crippen LogP) is 1.99. The molecule has 3 rings (SSSR count). The number of carboxylic acid groups (broad SMARTS) is 2. The van der Waals surface area contributed by atoms with Crippen molar-refractivity contribution in [2.24, 2.45) is 0 Å². The molecule has 22 heavy (non-hydrogen) atoms. The molecule has 0 radical (unpaired) electrons. The first-order valence-corrected chi connectivity index (χ1v) is 6.97. The maximum atomic E-state index is 9.10. The van der Waals surface area contributed by atoms with E-state index in [1.165, 1.54) is 11.3 Å². The average molecular weight is 323 g/mol.